The second-order valence-corrected chi connectivity index (χ2v) is 4.38. The summed E-state index contributed by atoms with van der Waals surface area (Å²) in [6, 6.07) is -1.38. The van der Waals surface area contributed by atoms with Gasteiger partial charge in [-0.05, 0) is 20.8 Å². The van der Waals surface area contributed by atoms with E-state index in [4.69, 9.17) is 9.47 Å². The first kappa shape index (κ1) is 11.2. The minimum absolute atomic E-state index is 0.228. The standard InChI is InChI=1S/C10H15N3O3/c1-7(2)8(14)13-5-6-15-10(13)12-11-9(3,4)16-10/h1,5-6H2,2-4H3. The molecule has 16 heavy (non-hydrogen) atoms. The van der Waals surface area contributed by atoms with Gasteiger partial charge in [0.25, 0.3) is 5.91 Å². The molecule has 0 radical (unpaired) electrons. The van der Waals surface area contributed by atoms with Crippen LogP contribution in [0.15, 0.2) is 22.4 Å². The third-order valence-corrected chi connectivity index (χ3v) is 2.36. The average Bonchev–Trinajstić information content (AvgIpc) is 2.70. The number of rotatable bonds is 1. The third-order valence-electron chi connectivity index (χ3n) is 2.36. The molecule has 1 fully saturated rings. The van der Waals surface area contributed by atoms with Crippen LogP contribution in [-0.2, 0) is 14.3 Å². The molecule has 0 bridgehead atoms. The van der Waals surface area contributed by atoms with E-state index < -0.39 is 11.8 Å². The summed E-state index contributed by atoms with van der Waals surface area (Å²) in [6.45, 7) is 9.60. The molecule has 2 rings (SSSR count). The topological polar surface area (TPSA) is 63.5 Å². The van der Waals surface area contributed by atoms with Crippen molar-refractivity contribution in [3.05, 3.63) is 12.2 Å². The summed E-state index contributed by atoms with van der Waals surface area (Å²) < 4.78 is 11.0. The zero-order chi connectivity index (χ0) is 12.0. The first-order valence-corrected chi connectivity index (χ1v) is 5.12. The van der Waals surface area contributed by atoms with Crippen LogP contribution in [0.5, 0.6) is 0 Å². The molecule has 6 heteroatoms. The van der Waals surface area contributed by atoms with E-state index in [2.05, 4.69) is 16.8 Å². The highest BCUT2D eigenvalue weighted by Gasteiger charge is 2.54. The van der Waals surface area contributed by atoms with E-state index in [1.54, 1.807) is 20.8 Å². The van der Waals surface area contributed by atoms with Crippen LogP contribution in [0.3, 0.4) is 0 Å². The van der Waals surface area contributed by atoms with Gasteiger partial charge < -0.3 is 4.74 Å². The Morgan fingerprint density at radius 1 is 1.44 bits per heavy atom. The summed E-state index contributed by atoms with van der Waals surface area (Å²) in [5, 5.41) is 7.90. The molecule has 2 aliphatic heterocycles. The van der Waals surface area contributed by atoms with E-state index in [9.17, 15) is 4.79 Å². The quantitative estimate of drug-likeness (QED) is 0.631. The van der Waals surface area contributed by atoms with E-state index in [1.165, 1.54) is 4.90 Å². The molecule has 2 aliphatic rings. The Bertz CT molecular complexity index is 378. The van der Waals surface area contributed by atoms with Crippen LogP contribution >= 0.6 is 0 Å². The smallest absolute Gasteiger partial charge is 0.310 e. The van der Waals surface area contributed by atoms with Crippen LogP contribution in [-0.4, -0.2) is 35.7 Å². The second kappa shape index (κ2) is 3.36. The van der Waals surface area contributed by atoms with Gasteiger partial charge in [-0.1, -0.05) is 6.58 Å². The molecule has 6 nitrogen and oxygen atoms in total. The summed E-state index contributed by atoms with van der Waals surface area (Å²) in [6.07, 6.45) is 0. The molecule has 0 saturated carbocycles. The highest BCUT2D eigenvalue weighted by Crippen LogP contribution is 2.38. The highest BCUT2D eigenvalue weighted by molar-refractivity contribution is 5.92. The number of carbonyl (C=O) groups excluding carboxylic acids is 1. The molecule has 1 atom stereocenters. The predicted molar refractivity (Wildman–Crippen MR) is 55.2 cm³/mol. The van der Waals surface area contributed by atoms with Gasteiger partial charge >= 0.3 is 6.03 Å². The average molecular weight is 225 g/mol. The van der Waals surface area contributed by atoms with Crippen molar-refractivity contribution < 1.29 is 14.3 Å². The fraction of sp³-hybridized carbons (Fsp3) is 0.700. The predicted octanol–water partition coefficient (Wildman–Crippen LogP) is 1.25. The molecule has 0 aromatic carbocycles. The zero-order valence-corrected chi connectivity index (χ0v) is 9.69. The number of ether oxygens (including phenoxy) is 2. The molecule has 1 saturated heterocycles. The van der Waals surface area contributed by atoms with Crippen molar-refractivity contribution in [2.24, 2.45) is 10.2 Å². The van der Waals surface area contributed by atoms with Crippen LogP contribution in [0.25, 0.3) is 0 Å². The SMILES string of the molecule is C=C(C)C(=O)N1CCOC12N=NC(C)(C)O2. The molecule has 1 amide bonds. The first-order chi connectivity index (χ1) is 7.36. The number of azo groups is 1. The van der Waals surface area contributed by atoms with Crippen molar-refractivity contribution >= 4 is 5.91 Å². The Balaban J connectivity index is 2.26. The van der Waals surface area contributed by atoms with E-state index in [1.807, 2.05) is 0 Å². The van der Waals surface area contributed by atoms with Crippen molar-refractivity contribution in [3.63, 3.8) is 0 Å². The number of hydrogen-bond donors (Lipinski definition) is 0. The minimum atomic E-state index is -1.38. The minimum Gasteiger partial charge on any atom is -0.310 e. The second-order valence-electron chi connectivity index (χ2n) is 4.38. The molecule has 2 heterocycles. The summed E-state index contributed by atoms with van der Waals surface area (Å²) in [4.78, 5) is 13.3. The normalized spacial score (nSPS) is 31.3. The zero-order valence-electron chi connectivity index (χ0n) is 9.69. The van der Waals surface area contributed by atoms with E-state index in [0.717, 1.165) is 0 Å². The Morgan fingerprint density at radius 2 is 2.12 bits per heavy atom. The maximum absolute atomic E-state index is 11.9. The van der Waals surface area contributed by atoms with E-state index >= 15 is 0 Å². The lowest BCUT2D eigenvalue weighted by Gasteiger charge is -2.30. The van der Waals surface area contributed by atoms with Gasteiger partial charge in [0.2, 0.25) is 0 Å². The van der Waals surface area contributed by atoms with Gasteiger partial charge in [-0.2, -0.15) is 5.11 Å². The molecule has 1 spiro atoms. The Hall–Kier alpha value is -1.27. The Kier molecular flexibility index (Phi) is 2.36. The Labute approximate surface area is 93.9 Å². The lowest BCUT2D eigenvalue weighted by Crippen LogP contribution is -2.49. The van der Waals surface area contributed by atoms with Crippen LogP contribution in [0.1, 0.15) is 20.8 Å². The van der Waals surface area contributed by atoms with Crippen molar-refractivity contribution in [2.75, 3.05) is 13.2 Å². The van der Waals surface area contributed by atoms with Gasteiger partial charge in [0.15, 0.2) is 5.72 Å². The van der Waals surface area contributed by atoms with Crippen molar-refractivity contribution in [2.45, 2.75) is 32.5 Å². The number of carbonyl (C=O) groups is 1. The van der Waals surface area contributed by atoms with Gasteiger partial charge in [0.05, 0.1) is 13.2 Å². The first-order valence-electron chi connectivity index (χ1n) is 5.12. The molecule has 88 valence electrons. The number of amides is 1. The molecule has 0 aromatic rings. The van der Waals surface area contributed by atoms with Gasteiger partial charge in [0, 0.05) is 5.57 Å². The molecular formula is C10H15N3O3. The van der Waals surface area contributed by atoms with Crippen LogP contribution in [0, 0.1) is 0 Å². The van der Waals surface area contributed by atoms with Gasteiger partial charge in [-0.25, -0.2) is 0 Å². The monoisotopic (exact) mass is 225 g/mol. The van der Waals surface area contributed by atoms with Crippen molar-refractivity contribution in [1.82, 2.24) is 4.90 Å². The van der Waals surface area contributed by atoms with Gasteiger partial charge in [-0.3, -0.25) is 14.4 Å². The fourth-order valence-electron chi connectivity index (χ4n) is 1.67. The number of hydrogen-bond acceptors (Lipinski definition) is 5. The summed E-state index contributed by atoms with van der Waals surface area (Å²) in [5.41, 5.74) is -0.342. The number of nitrogens with zero attached hydrogens (tertiary/aromatic N) is 3. The fourth-order valence-corrected chi connectivity index (χ4v) is 1.67. The lowest BCUT2D eigenvalue weighted by molar-refractivity contribution is -0.279. The molecule has 0 N–H and O–H groups in total. The van der Waals surface area contributed by atoms with Crippen LogP contribution in [0.4, 0.5) is 0 Å². The third kappa shape index (κ3) is 1.64. The summed E-state index contributed by atoms with van der Waals surface area (Å²) in [5.74, 6) is -0.228. The highest BCUT2D eigenvalue weighted by atomic mass is 16.8. The molecular weight excluding hydrogens is 210 g/mol. The van der Waals surface area contributed by atoms with Crippen molar-refractivity contribution in [1.29, 1.82) is 0 Å². The van der Waals surface area contributed by atoms with Gasteiger partial charge in [-0.15, -0.1) is 5.11 Å². The van der Waals surface area contributed by atoms with E-state index in [-0.39, 0.29) is 5.91 Å². The largest absolute Gasteiger partial charge is 0.383 e. The Morgan fingerprint density at radius 3 is 2.62 bits per heavy atom. The van der Waals surface area contributed by atoms with E-state index in [0.29, 0.717) is 18.7 Å². The van der Waals surface area contributed by atoms with Crippen LogP contribution < -0.4 is 0 Å². The van der Waals surface area contributed by atoms with Crippen molar-refractivity contribution in [3.8, 4) is 0 Å². The maximum Gasteiger partial charge on any atom is 0.383 e. The molecule has 1 unspecified atom stereocenters. The summed E-state index contributed by atoms with van der Waals surface area (Å²) in [7, 11) is 0. The van der Waals surface area contributed by atoms with Crippen LogP contribution in [0.2, 0.25) is 0 Å². The van der Waals surface area contributed by atoms with Gasteiger partial charge in [0.1, 0.15) is 0 Å². The summed E-state index contributed by atoms with van der Waals surface area (Å²) >= 11 is 0. The maximum atomic E-state index is 11.9. The lowest BCUT2D eigenvalue weighted by atomic mass is 10.3. The molecule has 0 aromatic heterocycles. The molecule has 0 aliphatic carbocycles.